The molecule has 1 heterocycles. The Kier molecular flexibility index (Phi) is 3.78. The van der Waals surface area contributed by atoms with Gasteiger partial charge in [-0.3, -0.25) is 14.9 Å². The first-order valence-electron chi connectivity index (χ1n) is 6.24. The minimum atomic E-state index is -0.811. The topological polar surface area (TPSA) is 92.9 Å². The third kappa shape index (κ3) is 2.52. The van der Waals surface area contributed by atoms with Crippen LogP contribution in [0.2, 0.25) is 0 Å². The molecule has 108 valence electrons. The molecule has 0 saturated carbocycles. The number of carboxylic acids is 1. The van der Waals surface area contributed by atoms with Gasteiger partial charge in [-0.2, -0.15) is 0 Å². The zero-order chi connectivity index (χ0) is 14.9. The summed E-state index contributed by atoms with van der Waals surface area (Å²) in [4.78, 5) is 23.4. The summed E-state index contributed by atoms with van der Waals surface area (Å²) in [6.45, 7) is 2.90. The molecule has 1 aromatic carbocycles. The van der Waals surface area contributed by atoms with Crippen molar-refractivity contribution < 1.29 is 19.6 Å². The monoisotopic (exact) mass is 280 g/mol. The number of hydrogen-bond acceptors (Lipinski definition) is 5. The highest BCUT2D eigenvalue weighted by molar-refractivity contribution is 5.73. The van der Waals surface area contributed by atoms with Crippen LogP contribution >= 0.6 is 0 Å². The molecule has 1 aromatic rings. The van der Waals surface area contributed by atoms with Gasteiger partial charge in [0.05, 0.1) is 18.0 Å². The predicted molar refractivity (Wildman–Crippen MR) is 72.2 cm³/mol. The van der Waals surface area contributed by atoms with Gasteiger partial charge < -0.3 is 14.7 Å². The van der Waals surface area contributed by atoms with E-state index >= 15 is 0 Å². The maximum absolute atomic E-state index is 11.1. The molecule has 1 aliphatic heterocycles. The van der Waals surface area contributed by atoms with E-state index in [0.29, 0.717) is 13.1 Å². The van der Waals surface area contributed by atoms with Crippen molar-refractivity contribution in [2.24, 2.45) is 11.8 Å². The van der Waals surface area contributed by atoms with Gasteiger partial charge in [-0.1, -0.05) is 6.92 Å². The lowest BCUT2D eigenvalue weighted by Crippen LogP contribution is -2.23. The summed E-state index contributed by atoms with van der Waals surface area (Å²) in [6.07, 6.45) is 0. The fourth-order valence-electron chi connectivity index (χ4n) is 2.51. The van der Waals surface area contributed by atoms with E-state index in [9.17, 15) is 14.9 Å². The summed E-state index contributed by atoms with van der Waals surface area (Å²) in [5.41, 5.74) is 0.640. The lowest BCUT2D eigenvalue weighted by atomic mass is 9.99. The average Bonchev–Trinajstić information content (AvgIpc) is 2.80. The van der Waals surface area contributed by atoms with E-state index in [4.69, 9.17) is 9.84 Å². The molecule has 2 rings (SSSR count). The van der Waals surface area contributed by atoms with Gasteiger partial charge in [-0.15, -0.1) is 0 Å². The minimum Gasteiger partial charge on any atom is -0.490 e. The number of nitro groups is 1. The lowest BCUT2D eigenvalue weighted by molar-refractivity contribution is -0.385. The van der Waals surface area contributed by atoms with Crippen LogP contribution in [-0.2, 0) is 4.79 Å². The van der Waals surface area contributed by atoms with Crippen molar-refractivity contribution in [2.75, 3.05) is 25.1 Å². The highest BCUT2D eigenvalue weighted by Crippen LogP contribution is 2.34. The first kappa shape index (κ1) is 14.1. The number of anilines is 1. The Morgan fingerprint density at radius 1 is 1.50 bits per heavy atom. The molecule has 0 bridgehead atoms. The minimum absolute atomic E-state index is 0.0358. The van der Waals surface area contributed by atoms with Gasteiger partial charge in [-0.05, 0) is 12.0 Å². The Labute approximate surface area is 115 Å². The summed E-state index contributed by atoms with van der Waals surface area (Å²) in [7, 11) is 1.37. The summed E-state index contributed by atoms with van der Waals surface area (Å²) in [6, 6.07) is 4.58. The predicted octanol–water partition coefficient (Wildman–Crippen LogP) is 1.76. The van der Waals surface area contributed by atoms with Crippen LogP contribution in [-0.4, -0.2) is 36.2 Å². The van der Waals surface area contributed by atoms with Crippen molar-refractivity contribution in [1.29, 1.82) is 0 Å². The summed E-state index contributed by atoms with van der Waals surface area (Å²) >= 11 is 0. The van der Waals surface area contributed by atoms with Crippen molar-refractivity contribution in [3.8, 4) is 5.75 Å². The van der Waals surface area contributed by atoms with Crippen molar-refractivity contribution in [1.82, 2.24) is 0 Å². The molecule has 1 saturated heterocycles. The Balaban J connectivity index is 2.26. The van der Waals surface area contributed by atoms with E-state index in [2.05, 4.69) is 0 Å². The normalized spacial score (nSPS) is 21.8. The van der Waals surface area contributed by atoms with Crippen molar-refractivity contribution in [3.05, 3.63) is 28.3 Å². The molecule has 1 aliphatic rings. The van der Waals surface area contributed by atoms with E-state index in [1.165, 1.54) is 13.2 Å². The van der Waals surface area contributed by atoms with Gasteiger partial charge in [0.25, 0.3) is 0 Å². The zero-order valence-electron chi connectivity index (χ0n) is 11.3. The number of ether oxygens (including phenoxy) is 1. The number of nitro benzene ring substituents is 1. The van der Waals surface area contributed by atoms with Gasteiger partial charge in [0.15, 0.2) is 5.75 Å². The van der Waals surface area contributed by atoms with Crippen LogP contribution in [0.4, 0.5) is 11.4 Å². The zero-order valence-corrected chi connectivity index (χ0v) is 11.3. The van der Waals surface area contributed by atoms with Crippen LogP contribution in [0.15, 0.2) is 18.2 Å². The second-order valence-corrected chi connectivity index (χ2v) is 4.94. The van der Waals surface area contributed by atoms with Crippen LogP contribution in [0.3, 0.4) is 0 Å². The molecule has 7 heteroatoms. The van der Waals surface area contributed by atoms with Crippen LogP contribution in [0, 0.1) is 22.0 Å². The molecule has 0 radical (unpaired) electrons. The average molecular weight is 280 g/mol. The Hall–Kier alpha value is -2.31. The van der Waals surface area contributed by atoms with E-state index in [-0.39, 0.29) is 17.4 Å². The van der Waals surface area contributed by atoms with E-state index < -0.39 is 16.8 Å². The molecule has 0 aromatic heterocycles. The molecule has 7 nitrogen and oxygen atoms in total. The van der Waals surface area contributed by atoms with Gasteiger partial charge in [-0.25, -0.2) is 0 Å². The van der Waals surface area contributed by atoms with E-state index in [1.54, 1.807) is 12.1 Å². The second kappa shape index (κ2) is 5.36. The maximum atomic E-state index is 11.1. The molecule has 0 amide bonds. The highest BCUT2D eigenvalue weighted by Gasteiger charge is 2.35. The highest BCUT2D eigenvalue weighted by atomic mass is 16.6. The quantitative estimate of drug-likeness (QED) is 0.667. The largest absolute Gasteiger partial charge is 0.490 e. The smallest absolute Gasteiger partial charge is 0.311 e. The third-order valence-electron chi connectivity index (χ3n) is 3.65. The SMILES string of the molecule is COc1cc(N2C[C@@H](C)[C@H](C(=O)O)C2)ccc1[N+](=O)[O-]. The standard InChI is InChI=1S/C13H16N2O5/c1-8-6-14(7-10(8)13(16)17)9-3-4-11(15(18)19)12(5-9)20-2/h3-5,8,10H,6-7H2,1-2H3,(H,16,17)/t8-,10-/m1/s1. The molecule has 0 aliphatic carbocycles. The number of benzene rings is 1. The van der Waals surface area contributed by atoms with Crippen LogP contribution < -0.4 is 9.64 Å². The summed E-state index contributed by atoms with van der Waals surface area (Å²) in [5, 5.41) is 20.0. The molecule has 1 N–H and O–H groups in total. The van der Waals surface area contributed by atoms with Gasteiger partial charge in [0.2, 0.25) is 0 Å². The Bertz CT molecular complexity index is 546. The Morgan fingerprint density at radius 2 is 2.20 bits per heavy atom. The van der Waals surface area contributed by atoms with E-state index in [0.717, 1.165) is 5.69 Å². The first-order chi connectivity index (χ1) is 9.43. The van der Waals surface area contributed by atoms with Crippen LogP contribution in [0.25, 0.3) is 0 Å². The fourth-order valence-corrected chi connectivity index (χ4v) is 2.51. The van der Waals surface area contributed by atoms with Crippen molar-refractivity contribution in [2.45, 2.75) is 6.92 Å². The van der Waals surface area contributed by atoms with Crippen molar-refractivity contribution >= 4 is 17.3 Å². The van der Waals surface area contributed by atoms with Gasteiger partial charge in [0, 0.05) is 30.9 Å². The summed E-state index contributed by atoms with van der Waals surface area (Å²) < 4.78 is 5.02. The number of carboxylic acid groups (broad SMARTS) is 1. The first-order valence-corrected chi connectivity index (χ1v) is 6.24. The number of methoxy groups -OCH3 is 1. The second-order valence-electron chi connectivity index (χ2n) is 4.94. The van der Waals surface area contributed by atoms with Gasteiger partial charge in [0.1, 0.15) is 0 Å². The summed E-state index contributed by atoms with van der Waals surface area (Å²) in [5.74, 6) is -1.02. The molecule has 20 heavy (non-hydrogen) atoms. The molecular formula is C13H16N2O5. The Morgan fingerprint density at radius 3 is 2.70 bits per heavy atom. The van der Waals surface area contributed by atoms with Crippen molar-refractivity contribution in [3.63, 3.8) is 0 Å². The molecule has 0 unspecified atom stereocenters. The lowest BCUT2D eigenvalue weighted by Gasteiger charge is -2.18. The molecule has 0 spiro atoms. The van der Waals surface area contributed by atoms with Crippen LogP contribution in [0.1, 0.15) is 6.92 Å². The number of nitrogens with zero attached hydrogens (tertiary/aromatic N) is 2. The van der Waals surface area contributed by atoms with Gasteiger partial charge >= 0.3 is 11.7 Å². The number of aliphatic carboxylic acids is 1. The van der Waals surface area contributed by atoms with Crippen LogP contribution in [0.5, 0.6) is 5.75 Å². The number of hydrogen-bond donors (Lipinski definition) is 1. The fraction of sp³-hybridized carbons (Fsp3) is 0.462. The van der Waals surface area contributed by atoms with E-state index in [1.807, 2.05) is 11.8 Å². The molecule has 2 atom stereocenters. The number of carbonyl (C=O) groups is 1. The number of rotatable bonds is 4. The maximum Gasteiger partial charge on any atom is 0.311 e. The molecular weight excluding hydrogens is 264 g/mol. The molecule has 1 fully saturated rings. The third-order valence-corrected chi connectivity index (χ3v) is 3.65.